The molecule has 0 aromatic rings. The predicted octanol–water partition coefficient (Wildman–Crippen LogP) is 14.7. The second kappa shape index (κ2) is 65.9. The van der Waals surface area contributed by atoms with E-state index in [4.69, 9.17) is 28.4 Å². The van der Waals surface area contributed by atoms with Gasteiger partial charge >= 0.3 is 0 Å². The van der Waals surface area contributed by atoms with E-state index in [1.54, 1.807) is 0 Å². The summed E-state index contributed by atoms with van der Waals surface area (Å²) in [6, 6.07) is -0.912. The van der Waals surface area contributed by atoms with Crippen LogP contribution >= 0.6 is 0 Å². The van der Waals surface area contributed by atoms with Crippen LogP contribution in [0.1, 0.15) is 290 Å². The summed E-state index contributed by atoms with van der Waals surface area (Å²) in [6.45, 7) is 1.69. The van der Waals surface area contributed by atoms with Crippen LogP contribution in [0.4, 0.5) is 0 Å². The van der Waals surface area contributed by atoms with Gasteiger partial charge in [-0.2, -0.15) is 0 Å². The maximum atomic E-state index is 13.5. The maximum absolute atomic E-state index is 13.5. The molecule has 3 fully saturated rings. The van der Waals surface area contributed by atoms with Gasteiger partial charge in [0.05, 0.1) is 38.6 Å². The maximum Gasteiger partial charge on any atom is 0.220 e. The molecule has 3 heterocycles. The van der Waals surface area contributed by atoms with Crippen molar-refractivity contribution in [2.75, 3.05) is 26.4 Å². The molecule has 610 valence electrons. The molecule has 0 bridgehead atoms. The zero-order chi connectivity index (χ0) is 76.7. The smallest absolute Gasteiger partial charge is 0.220 e. The highest BCUT2D eigenvalue weighted by Crippen LogP contribution is 2.33. The lowest BCUT2D eigenvalue weighted by molar-refractivity contribution is -0.379. The number of carbonyl (C=O) groups excluding carboxylic acids is 1. The van der Waals surface area contributed by atoms with Gasteiger partial charge in [0, 0.05) is 6.42 Å². The van der Waals surface area contributed by atoms with Gasteiger partial charge in [-0.3, -0.25) is 4.79 Å². The minimum atomic E-state index is -1.98. The highest BCUT2D eigenvalue weighted by molar-refractivity contribution is 5.76. The number of carbonyl (C=O) groups is 1. The van der Waals surface area contributed by atoms with Crippen molar-refractivity contribution in [3.63, 3.8) is 0 Å². The Labute approximate surface area is 639 Å². The first-order valence-corrected chi connectivity index (χ1v) is 41.8. The Kier molecular flexibility index (Phi) is 59.9. The summed E-state index contributed by atoms with van der Waals surface area (Å²) in [4.78, 5) is 13.5. The van der Waals surface area contributed by atoms with Crippen LogP contribution in [0.5, 0.6) is 0 Å². The van der Waals surface area contributed by atoms with Gasteiger partial charge in [0.1, 0.15) is 73.2 Å². The van der Waals surface area contributed by atoms with E-state index in [2.05, 4.69) is 141 Å². The molecule has 3 aliphatic heterocycles. The van der Waals surface area contributed by atoms with Crippen molar-refractivity contribution in [1.29, 1.82) is 0 Å². The van der Waals surface area contributed by atoms with Crippen LogP contribution in [-0.2, 0) is 33.2 Å². The molecule has 0 aromatic carbocycles. The van der Waals surface area contributed by atoms with Crippen molar-refractivity contribution in [2.24, 2.45) is 0 Å². The SMILES string of the molecule is CC/C=C\C/C=C\C/C=C\C/C=C\C/C=C\C/C=C\C/C=C\C/C=C\C/C=C\C/C=C\CCCCCCC(=O)NC(COC1OC(CO)C(OC2OC(CO)C(OC3OC(CO)C(O)C(O)C3O)C(O)C2O)C(O)C1O)C(O)CCCCCCCCCCCCCCCCCCCCCCCCCCCC. The minimum absolute atomic E-state index is 0.229. The lowest BCUT2D eigenvalue weighted by Gasteiger charge is -2.48. The van der Waals surface area contributed by atoms with Crippen LogP contribution in [-0.4, -0.2) is 193 Å². The van der Waals surface area contributed by atoms with Crippen LogP contribution < -0.4 is 5.32 Å². The van der Waals surface area contributed by atoms with E-state index in [-0.39, 0.29) is 18.9 Å². The lowest BCUT2D eigenvalue weighted by atomic mass is 9.96. The van der Waals surface area contributed by atoms with Gasteiger partial charge in [-0.25, -0.2) is 0 Å². The highest BCUT2D eigenvalue weighted by Gasteiger charge is 2.54. The quantitative estimate of drug-likeness (QED) is 0.0199. The molecule has 19 nitrogen and oxygen atoms in total. The van der Waals surface area contributed by atoms with Gasteiger partial charge in [0.25, 0.3) is 0 Å². The van der Waals surface area contributed by atoms with E-state index in [9.17, 15) is 61.0 Å². The Bertz CT molecular complexity index is 2390. The standard InChI is InChI=1S/C87H149NO18/c1-3-5-7-9-11-13-15-17-19-21-23-25-27-29-31-32-33-34-35-36-37-38-39-41-43-45-47-49-51-53-55-57-59-61-63-65-75(93)88-70(71(92)64-62-60-58-56-54-52-50-48-46-44-42-40-30-28-26-24-22-20-18-16-14-12-10-8-6-4-2)69-101-85-81(99)78(96)83(73(67-90)103-85)106-87-82(100)79(97)84(74(68-91)104-87)105-86-80(98)77(95)76(94)72(66-89)102-86/h5,7,11,13,17,19,23,25,29,31,33-34,36-37,39,41,45,47,51,53,70-74,76-87,89-92,94-100H,3-4,6,8-10,12,14-16,18,20-22,24,26-28,30,32,35,38,40,42-44,46,48-50,52,54-69H2,1-2H3,(H,88,93)/b7-5-,13-11-,19-17-,25-23-,31-29-,34-33-,37-36-,41-39-,47-45-,53-51-. The number of ether oxygens (including phenoxy) is 6. The summed E-state index contributed by atoms with van der Waals surface area (Å²) in [6.07, 6.45) is 65.6. The summed E-state index contributed by atoms with van der Waals surface area (Å²) in [5, 5.41) is 121. The van der Waals surface area contributed by atoms with E-state index in [0.717, 1.165) is 116 Å². The fourth-order valence-electron chi connectivity index (χ4n) is 13.4. The number of nitrogens with one attached hydrogen (secondary N) is 1. The van der Waals surface area contributed by atoms with Gasteiger partial charge in [-0.1, -0.05) is 315 Å². The van der Waals surface area contributed by atoms with Crippen LogP contribution in [0.2, 0.25) is 0 Å². The van der Waals surface area contributed by atoms with E-state index >= 15 is 0 Å². The molecule has 0 aromatic heterocycles. The van der Waals surface area contributed by atoms with Crippen LogP contribution in [0, 0.1) is 0 Å². The van der Waals surface area contributed by atoms with Crippen LogP contribution in [0.25, 0.3) is 0 Å². The Balaban J connectivity index is 1.38. The molecule has 17 unspecified atom stereocenters. The Hall–Kier alpha value is -3.81. The second-order valence-corrected chi connectivity index (χ2v) is 29.2. The van der Waals surface area contributed by atoms with Gasteiger partial charge in [-0.05, 0) is 89.9 Å². The second-order valence-electron chi connectivity index (χ2n) is 29.2. The zero-order valence-electron chi connectivity index (χ0n) is 65.4. The monoisotopic (exact) mass is 1500 g/mol. The molecule has 1 amide bonds. The van der Waals surface area contributed by atoms with E-state index in [0.29, 0.717) is 12.8 Å². The largest absolute Gasteiger partial charge is 0.394 e. The molecule has 0 spiro atoms. The number of aliphatic hydroxyl groups excluding tert-OH is 11. The summed E-state index contributed by atoms with van der Waals surface area (Å²) >= 11 is 0. The van der Waals surface area contributed by atoms with E-state index in [1.807, 2.05) is 0 Å². The topological polar surface area (TPSA) is 307 Å². The Morgan fingerprint density at radius 3 is 1.02 bits per heavy atom. The molecule has 106 heavy (non-hydrogen) atoms. The van der Waals surface area contributed by atoms with Crippen molar-refractivity contribution >= 4 is 5.91 Å². The number of hydrogen-bond acceptors (Lipinski definition) is 18. The number of allylic oxidation sites excluding steroid dienone is 20. The van der Waals surface area contributed by atoms with Gasteiger partial charge in [-0.15, -0.1) is 0 Å². The molecule has 17 atom stereocenters. The molecule has 0 radical (unpaired) electrons. The molecule has 12 N–H and O–H groups in total. The Morgan fingerprint density at radius 2 is 0.651 bits per heavy atom. The van der Waals surface area contributed by atoms with Gasteiger partial charge in [0.2, 0.25) is 5.91 Å². The fourth-order valence-corrected chi connectivity index (χ4v) is 13.4. The number of rotatable bonds is 65. The normalized spacial score (nSPS) is 26.3. The first-order chi connectivity index (χ1) is 51.8. The van der Waals surface area contributed by atoms with E-state index < -0.39 is 124 Å². The molecular formula is C87H149NO18. The van der Waals surface area contributed by atoms with Gasteiger partial charge < -0.3 is 89.9 Å². The Morgan fingerprint density at radius 1 is 0.349 bits per heavy atom. The number of amides is 1. The van der Waals surface area contributed by atoms with Crippen molar-refractivity contribution in [3.8, 4) is 0 Å². The predicted molar refractivity (Wildman–Crippen MR) is 424 cm³/mol. The van der Waals surface area contributed by atoms with Crippen LogP contribution in [0.3, 0.4) is 0 Å². The first-order valence-electron chi connectivity index (χ1n) is 41.8. The van der Waals surface area contributed by atoms with Crippen molar-refractivity contribution in [3.05, 3.63) is 122 Å². The highest BCUT2D eigenvalue weighted by atomic mass is 16.8. The van der Waals surface area contributed by atoms with Crippen molar-refractivity contribution in [2.45, 2.75) is 394 Å². The third-order valence-electron chi connectivity index (χ3n) is 20.1. The first kappa shape index (κ1) is 96.4. The molecular weight excluding hydrogens is 1350 g/mol. The lowest BCUT2D eigenvalue weighted by Crippen LogP contribution is -2.66. The average Bonchev–Trinajstić information content (AvgIpc) is 0.779. The third kappa shape index (κ3) is 44.9. The summed E-state index contributed by atoms with van der Waals surface area (Å²) < 4.78 is 34.5. The molecule has 3 aliphatic rings. The summed E-state index contributed by atoms with van der Waals surface area (Å²) in [7, 11) is 0. The van der Waals surface area contributed by atoms with Gasteiger partial charge in [0.15, 0.2) is 18.9 Å². The summed E-state index contributed by atoms with van der Waals surface area (Å²) in [5.41, 5.74) is 0. The molecule has 0 aliphatic carbocycles. The van der Waals surface area contributed by atoms with E-state index in [1.165, 1.54) is 141 Å². The third-order valence-corrected chi connectivity index (χ3v) is 20.1. The number of aliphatic hydroxyl groups is 11. The average molecular weight is 1500 g/mol. The molecule has 0 saturated carbocycles. The number of unbranched alkanes of at least 4 members (excludes halogenated alkanes) is 29. The summed E-state index contributed by atoms with van der Waals surface area (Å²) in [5.74, 6) is -0.269. The molecule has 19 heteroatoms. The zero-order valence-corrected chi connectivity index (χ0v) is 65.4. The molecule has 3 saturated heterocycles. The van der Waals surface area contributed by atoms with Crippen LogP contribution in [0.15, 0.2) is 122 Å². The number of hydrogen-bond donors (Lipinski definition) is 12. The van der Waals surface area contributed by atoms with Crippen molar-refractivity contribution < 1.29 is 89.4 Å². The fraction of sp³-hybridized carbons (Fsp3) is 0.759. The molecule has 3 rings (SSSR count). The van der Waals surface area contributed by atoms with Crippen molar-refractivity contribution in [1.82, 2.24) is 5.32 Å². The minimum Gasteiger partial charge on any atom is -0.394 e.